The maximum Gasteiger partial charge on any atom is 0.264 e. The number of halogens is 2. The molecule has 4 aromatic rings. The van der Waals surface area contributed by atoms with Gasteiger partial charge < -0.3 is 4.74 Å². The Bertz CT molecular complexity index is 1140. The van der Waals surface area contributed by atoms with E-state index in [1.807, 2.05) is 12.1 Å². The average Bonchev–Trinajstić information content (AvgIpc) is 3.12. The first-order valence-corrected chi connectivity index (χ1v) is 9.92. The predicted molar refractivity (Wildman–Crippen MR) is 116 cm³/mol. The first-order chi connectivity index (χ1) is 13.5. The summed E-state index contributed by atoms with van der Waals surface area (Å²) in [7, 11) is 1.59. The summed E-state index contributed by atoms with van der Waals surface area (Å²) >= 11 is 13.5. The van der Waals surface area contributed by atoms with Gasteiger partial charge in [0.05, 0.1) is 23.0 Å². The molecule has 0 aliphatic carbocycles. The van der Waals surface area contributed by atoms with E-state index < -0.39 is 0 Å². The molecule has 4 nitrogen and oxygen atoms in total. The molecule has 0 aliphatic heterocycles. The minimum absolute atomic E-state index is 0.199. The maximum absolute atomic E-state index is 13.4. The van der Waals surface area contributed by atoms with Crippen LogP contribution in [0.1, 0.15) is 10.4 Å². The molecule has 1 amide bonds. The van der Waals surface area contributed by atoms with Crippen LogP contribution in [0.2, 0.25) is 10.0 Å². The lowest BCUT2D eigenvalue weighted by molar-refractivity contribution is 0.0999. The molecule has 1 heterocycles. The molecule has 0 aliphatic rings. The number of carbonyl (C=O) groups is 1. The van der Waals surface area contributed by atoms with Crippen LogP contribution in [0.15, 0.2) is 66.7 Å². The van der Waals surface area contributed by atoms with E-state index in [0.717, 1.165) is 10.2 Å². The molecule has 0 fully saturated rings. The van der Waals surface area contributed by atoms with Crippen LogP contribution in [0.3, 0.4) is 0 Å². The third-order valence-electron chi connectivity index (χ3n) is 4.16. The molecule has 0 bridgehead atoms. The Hall–Kier alpha value is -2.60. The molecule has 0 radical (unpaired) electrons. The summed E-state index contributed by atoms with van der Waals surface area (Å²) in [4.78, 5) is 19.6. The summed E-state index contributed by atoms with van der Waals surface area (Å²) in [6.45, 7) is 0. The number of methoxy groups -OCH3 is 1. The van der Waals surface area contributed by atoms with Gasteiger partial charge in [-0.2, -0.15) is 0 Å². The van der Waals surface area contributed by atoms with Gasteiger partial charge in [0.15, 0.2) is 5.13 Å². The van der Waals surface area contributed by atoms with E-state index in [1.54, 1.807) is 66.6 Å². The second-order valence-corrected chi connectivity index (χ2v) is 7.84. The van der Waals surface area contributed by atoms with E-state index >= 15 is 0 Å². The molecule has 0 N–H and O–H groups in total. The second kappa shape index (κ2) is 7.80. The van der Waals surface area contributed by atoms with Gasteiger partial charge in [0.25, 0.3) is 5.91 Å². The van der Waals surface area contributed by atoms with Gasteiger partial charge in [0, 0.05) is 15.6 Å². The van der Waals surface area contributed by atoms with Gasteiger partial charge in [0.2, 0.25) is 0 Å². The van der Waals surface area contributed by atoms with Crippen molar-refractivity contribution in [3.05, 3.63) is 82.3 Å². The van der Waals surface area contributed by atoms with Crippen molar-refractivity contribution in [3.63, 3.8) is 0 Å². The number of rotatable bonds is 4. The SMILES string of the molecule is COc1ccc(C(=O)N(c2ccc(Cl)cc2)c2nc3ccc(Cl)cc3s2)cc1. The van der Waals surface area contributed by atoms with Crippen molar-refractivity contribution in [1.82, 2.24) is 4.98 Å². The number of nitrogens with zero attached hydrogens (tertiary/aromatic N) is 2. The molecule has 1 aromatic heterocycles. The van der Waals surface area contributed by atoms with Crippen molar-refractivity contribution in [2.24, 2.45) is 0 Å². The van der Waals surface area contributed by atoms with Crippen LogP contribution in [0.4, 0.5) is 10.8 Å². The van der Waals surface area contributed by atoms with Crippen molar-refractivity contribution < 1.29 is 9.53 Å². The Balaban J connectivity index is 1.82. The van der Waals surface area contributed by atoms with Gasteiger partial charge in [-0.15, -0.1) is 0 Å². The zero-order valence-corrected chi connectivity index (χ0v) is 17.1. The number of amides is 1. The quantitative estimate of drug-likeness (QED) is 0.368. The summed E-state index contributed by atoms with van der Waals surface area (Å²) in [6.07, 6.45) is 0. The van der Waals surface area contributed by atoms with E-state index in [-0.39, 0.29) is 5.91 Å². The van der Waals surface area contributed by atoms with E-state index in [9.17, 15) is 4.79 Å². The van der Waals surface area contributed by atoms with Crippen molar-refractivity contribution in [1.29, 1.82) is 0 Å². The molecule has 0 atom stereocenters. The first kappa shape index (κ1) is 18.7. The van der Waals surface area contributed by atoms with E-state index in [1.165, 1.54) is 11.3 Å². The van der Waals surface area contributed by atoms with Gasteiger partial charge in [0.1, 0.15) is 5.75 Å². The van der Waals surface area contributed by atoms with E-state index in [2.05, 4.69) is 4.98 Å². The van der Waals surface area contributed by atoms with Crippen LogP contribution in [0, 0.1) is 0 Å². The van der Waals surface area contributed by atoms with Gasteiger partial charge >= 0.3 is 0 Å². The van der Waals surface area contributed by atoms with Crippen LogP contribution in [0.5, 0.6) is 5.75 Å². The Morgan fingerprint density at radius 1 is 0.964 bits per heavy atom. The number of carbonyl (C=O) groups excluding carboxylic acids is 1. The third kappa shape index (κ3) is 3.69. The molecule has 7 heteroatoms. The summed E-state index contributed by atoms with van der Waals surface area (Å²) in [6, 6.07) is 19.5. The molecular formula is C21H14Cl2N2O2S. The summed E-state index contributed by atoms with van der Waals surface area (Å²) in [5.74, 6) is 0.486. The molecule has 3 aromatic carbocycles. The van der Waals surface area contributed by atoms with Crippen molar-refractivity contribution in [3.8, 4) is 5.75 Å². The molecular weight excluding hydrogens is 415 g/mol. The third-order valence-corrected chi connectivity index (χ3v) is 5.65. The second-order valence-electron chi connectivity index (χ2n) is 5.95. The number of ether oxygens (including phenoxy) is 1. The highest BCUT2D eigenvalue weighted by Crippen LogP contribution is 2.36. The van der Waals surface area contributed by atoms with E-state index in [4.69, 9.17) is 27.9 Å². The molecule has 0 saturated heterocycles. The Kier molecular flexibility index (Phi) is 5.22. The molecule has 0 spiro atoms. The lowest BCUT2D eigenvalue weighted by Crippen LogP contribution is -2.25. The number of aromatic nitrogens is 1. The summed E-state index contributed by atoms with van der Waals surface area (Å²) in [5, 5.41) is 1.78. The average molecular weight is 429 g/mol. The zero-order chi connectivity index (χ0) is 19.7. The standard InChI is InChI=1S/C21H14Cl2N2O2S/c1-27-17-9-2-13(3-10-17)20(26)25(16-7-4-14(22)5-8-16)21-24-18-11-6-15(23)12-19(18)28-21/h2-12H,1H3. The van der Waals surface area contributed by atoms with Crippen molar-refractivity contribution in [2.75, 3.05) is 12.0 Å². The summed E-state index contributed by atoms with van der Waals surface area (Å²) < 4.78 is 6.09. The number of thiazole rings is 1. The van der Waals surface area contributed by atoms with Crippen molar-refractivity contribution >= 4 is 61.5 Å². The Labute approximate surface area is 175 Å². The fourth-order valence-electron chi connectivity index (χ4n) is 2.75. The zero-order valence-electron chi connectivity index (χ0n) is 14.7. The highest BCUT2D eigenvalue weighted by molar-refractivity contribution is 7.22. The number of benzene rings is 3. The first-order valence-electron chi connectivity index (χ1n) is 8.35. The van der Waals surface area contributed by atoms with Crippen LogP contribution < -0.4 is 9.64 Å². The number of fused-ring (bicyclic) bond motifs is 1. The lowest BCUT2D eigenvalue weighted by atomic mass is 10.2. The Morgan fingerprint density at radius 3 is 2.32 bits per heavy atom. The minimum atomic E-state index is -0.199. The van der Waals surface area contributed by atoms with Gasteiger partial charge in [-0.1, -0.05) is 34.5 Å². The molecule has 4 rings (SSSR count). The van der Waals surface area contributed by atoms with Gasteiger partial charge in [-0.25, -0.2) is 4.98 Å². The largest absolute Gasteiger partial charge is 0.497 e. The number of hydrogen-bond acceptors (Lipinski definition) is 4. The fraction of sp³-hybridized carbons (Fsp3) is 0.0476. The number of anilines is 2. The monoisotopic (exact) mass is 428 g/mol. The topological polar surface area (TPSA) is 42.4 Å². The normalized spacial score (nSPS) is 10.8. The molecule has 28 heavy (non-hydrogen) atoms. The maximum atomic E-state index is 13.4. The highest BCUT2D eigenvalue weighted by atomic mass is 35.5. The van der Waals surface area contributed by atoms with Crippen molar-refractivity contribution in [2.45, 2.75) is 0 Å². The lowest BCUT2D eigenvalue weighted by Gasteiger charge is -2.20. The molecule has 0 saturated carbocycles. The highest BCUT2D eigenvalue weighted by Gasteiger charge is 2.23. The fourth-order valence-corrected chi connectivity index (χ4v) is 4.14. The van der Waals surface area contributed by atoms with Crippen LogP contribution in [-0.2, 0) is 0 Å². The van der Waals surface area contributed by atoms with Gasteiger partial charge in [-0.05, 0) is 66.7 Å². The number of hydrogen-bond donors (Lipinski definition) is 0. The predicted octanol–water partition coefficient (Wildman–Crippen LogP) is 6.59. The minimum Gasteiger partial charge on any atom is -0.497 e. The molecule has 0 unspecified atom stereocenters. The molecule has 140 valence electrons. The Morgan fingerprint density at radius 2 is 1.64 bits per heavy atom. The smallest absolute Gasteiger partial charge is 0.264 e. The van der Waals surface area contributed by atoms with E-state index in [0.29, 0.717) is 32.2 Å². The van der Waals surface area contributed by atoms with Crippen LogP contribution in [0.25, 0.3) is 10.2 Å². The van der Waals surface area contributed by atoms with Crippen LogP contribution in [-0.4, -0.2) is 18.0 Å². The summed E-state index contributed by atoms with van der Waals surface area (Å²) in [5.41, 5.74) is 1.98. The van der Waals surface area contributed by atoms with Crippen LogP contribution >= 0.6 is 34.5 Å². The van der Waals surface area contributed by atoms with Gasteiger partial charge in [-0.3, -0.25) is 9.69 Å².